The van der Waals surface area contributed by atoms with E-state index in [1.165, 1.54) is 28.6 Å². The summed E-state index contributed by atoms with van der Waals surface area (Å²) in [6, 6.07) is 11.8. The quantitative estimate of drug-likeness (QED) is 0.542. The Kier molecular flexibility index (Phi) is 5.94. The molecule has 0 atom stereocenters. The van der Waals surface area contributed by atoms with Gasteiger partial charge in [-0.05, 0) is 61.4 Å². The summed E-state index contributed by atoms with van der Waals surface area (Å²) in [5, 5.41) is 0.507. The number of ketones is 1. The number of sulfonamides is 1. The van der Waals surface area contributed by atoms with Crippen molar-refractivity contribution in [2.75, 3.05) is 19.7 Å². The van der Waals surface area contributed by atoms with E-state index in [1.807, 2.05) is 0 Å². The minimum Gasteiger partial charge on any atom is -0.454 e. The molecule has 0 bridgehead atoms. The molecule has 1 heterocycles. The van der Waals surface area contributed by atoms with Crippen LogP contribution in [0.1, 0.15) is 33.6 Å². The number of carbonyl (C=O) groups excluding carboxylic acids is 2. The number of rotatable bonds is 6. The highest BCUT2D eigenvalue weighted by Crippen LogP contribution is 2.21. The van der Waals surface area contributed by atoms with Crippen LogP contribution in [0.15, 0.2) is 53.4 Å². The fourth-order valence-corrected chi connectivity index (χ4v) is 4.42. The molecule has 0 N–H and O–H groups in total. The number of benzene rings is 2. The number of carbonyl (C=O) groups is 2. The van der Waals surface area contributed by atoms with Crippen molar-refractivity contribution in [3.63, 3.8) is 0 Å². The molecule has 1 saturated heterocycles. The summed E-state index contributed by atoms with van der Waals surface area (Å²) < 4.78 is 31.4. The van der Waals surface area contributed by atoms with Gasteiger partial charge in [-0.3, -0.25) is 4.79 Å². The highest BCUT2D eigenvalue weighted by molar-refractivity contribution is 7.89. The molecule has 0 aliphatic carbocycles. The lowest BCUT2D eigenvalue weighted by Crippen LogP contribution is -2.27. The summed E-state index contributed by atoms with van der Waals surface area (Å²) in [5.74, 6) is -1.05. The molecule has 0 amide bonds. The maximum absolute atomic E-state index is 12.5. The van der Waals surface area contributed by atoms with Crippen LogP contribution < -0.4 is 0 Å². The molecule has 0 spiro atoms. The molecular formula is C19H18ClNO5S. The van der Waals surface area contributed by atoms with E-state index < -0.39 is 22.6 Å². The van der Waals surface area contributed by atoms with Crippen LogP contribution in [0.2, 0.25) is 5.02 Å². The Labute approximate surface area is 162 Å². The van der Waals surface area contributed by atoms with Gasteiger partial charge >= 0.3 is 5.97 Å². The lowest BCUT2D eigenvalue weighted by Gasteiger charge is -2.15. The van der Waals surface area contributed by atoms with Crippen molar-refractivity contribution in [3.05, 3.63) is 64.7 Å². The lowest BCUT2D eigenvalue weighted by molar-refractivity contribution is 0.0474. The molecule has 1 aliphatic heterocycles. The minimum absolute atomic E-state index is 0.137. The second-order valence-corrected chi connectivity index (χ2v) is 8.52. The van der Waals surface area contributed by atoms with Crippen molar-refractivity contribution in [3.8, 4) is 0 Å². The van der Waals surface area contributed by atoms with Gasteiger partial charge in [-0.15, -0.1) is 0 Å². The highest BCUT2D eigenvalue weighted by Gasteiger charge is 2.27. The van der Waals surface area contributed by atoms with Crippen molar-refractivity contribution in [2.45, 2.75) is 17.7 Å². The number of hydrogen-bond donors (Lipinski definition) is 0. The molecule has 142 valence electrons. The molecule has 3 rings (SSSR count). The van der Waals surface area contributed by atoms with E-state index in [9.17, 15) is 18.0 Å². The highest BCUT2D eigenvalue weighted by atomic mass is 35.5. The largest absolute Gasteiger partial charge is 0.454 e. The Morgan fingerprint density at radius 3 is 2.07 bits per heavy atom. The SMILES string of the molecule is O=C(COC(=O)c1ccc(S(=O)(=O)N2CCCC2)cc1)c1ccc(Cl)cc1. The predicted octanol–water partition coefficient (Wildman–Crippen LogP) is 3.16. The first kappa shape index (κ1) is 19.5. The van der Waals surface area contributed by atoms with Gasteiger partial charge in [0, 0.05) is 23.7 Å². The third-order valence-corrected chi connectivity index (χ3v) is 6.46. The monoisotopic (exact) mass is 407 g/mol. The van der Waals surface area contributed by atoms with Gasteiger partial charge < -0.3 is 4.74 Å². The average molecular weight is 408 g/mol. The maximum atomic E-state index is 12.5. The van der Waals surface area contributed by atoms with E-state index in [2.05, 4.69) is 0 Å². The molecule has 0 saturated carbocycles. The van der Waals surface area contributed by atoms with E-state index in [0.29, 0.717) is 23.7 Å². The van der Waals surface area contributed by atoms with Crippen molar-refractivity contribution in [1.82, 2.24) is 4.31 Å². The second-order valence-electron chi connectivity index (χ2n) is 6.14. The summed E-state index contributed by atoms with van der Waals surface area (Å²) in [5.41, 5.74) is 0.568. The summed E-state index contributed by atoms with van der Waals surface area (Å²) >= 11 is 5.77. The number of halogens is 1. The topological polar surface area (TPSA) is 80.8 Å². The fraction of sp³-hybridized carbons (Fsp3) is 0.263. The average Bonchev–Trinajstić information content (AvgIpc) is 3.22. The Bertz CT molecular complexity index is 933. The van der Waals surface area contributed by atoms with Gasteiger partial charge in [-0.25, -0.2) is 13.2 Å². The van der Waals surface area contributed by atoms with E-state index in [1.54, 1.807) is 24.3 Å². The first-order valence-electron chi connectivity index (χ1n) is 8.44. The third-order valence-electron chi connectivity index (χ3n) is 4.29. The molecule has 0 aromatic heterocycles. The molecule has 2 aromatic carbocycles. The smallest absolute Gasteiger partial charge is 0.338 e. The summed E-state index contributed by atoms with van der Waals surface area (Å²) in [6.07, 6.45) is 1.70. The number of esters is 1. The van der Waals surface area contributed by atoms with Gasteiger partial charge in [0.25, 0.3) is 0 Å². The molecule has 1 fully saturated rings. The van der Waals surface area contributed by atoms with Gasteiger partial charge in [-0.1, -0.05) is 11.6 Å². The molecule has 8 heteroatoms. The molecular weight excluding hydrogens is 390 g/mol. The zero-order valence-corrected chi connectivity index (χ0v) is 16.0. The minimum atomic E-state index is -3.53. The standard InChI is InChI=1S/C19H18ClNO5S/c20-16-7-3-14(4-8-16)18(22)13-26-19(23)15-5-9-17(10-6-15)27(24,25)21-11-1-2-12-21/h3-10H,1-2,11-13H2. The van der Waals surface area contributed by atoms with Gasteiger partial charge in [0.1, 0.15) is 0 Å². The van der Waals surface area contributed by atoms with Gasteiger partial charge in [0.15, 0.2) is 12.4 Å². The van der Waals surface area contributed by atoms with Crippen LogP contribution in [0.4, 0.5) is 0 Å². The Hall–Kier alpha value is -2.22. The number of hydrogen-bond acceptors (Lipinski definition) is 5. The number of ether oxygens (including phenoxy) is 1. The van der Waals surface area contributed by atoms with Gasteiger partial charge in [0.05, 0.1) is 10.5 Å². The fourth-order valence-electron chi connectivity index (χ4n) is 2.77. The molecule has 6 nitrogen and oxygen atoms in total. The van der Waals surface area contributed by atoms with Crippen molar-refractivity contribution >= 4 is 33.4 Å². The lowest BCUT2D eigenvalue weighted by atomic mass is 10.1. The molecule has 1 aliphatic rings. The van der Waals surface area contributed by atoms with Crippen LogP contribution in [0.5, 0.6) is 0 Å². The maximum Gasteiger partial charge on any atom is 0.338 e. The molecule has 27 heavy (non-hydrogen) atoms. The Morgan fingerprint density at radius 2 is 1.48 bits per heavy atom. The number of Topliss-reactive ketones (excluding diaryl/α,β-unsaturated/α-hetero) is 1. The van der Waals surface area contributed by atoms with Crippen molar-refractivity contribution < 1.29 is 22.7 Å². The first-order chi connectivity index (χ1) is 12.9. The van der Waals surface area contributed by atoms with E-state index in [0.717, 1.165) is 12.8 Å². The van der Waals surface area contributed by atoms with Crippen LogP contribution in [0, 0.1) is 0 Å². The predicted molar refractivity (Wildman–Crippen MR) is 100 cm³/mol. The summed E-state index contributed by atoms with van der Waals surface area (Å²) in [4.78, 5) is 24.3. The number of nitrogens with zero attached hydrogens (tertiary/aromatic N) is 1. The Morgan fingerprint density at radius 1 is 0.926 bits per heavy atom. The van der Waals surface area contributed by atoms with Crippen molar-refractivity contribution in [2.24, 2.45) is 0 Å². The zero-order chi connectivity index (χ0) is 19.4. The van der Waals surface area contributed by atoms with E-state index in [-0.39, 0.29) is 16.2 Å². The normalized spacial score (nSPS) is 14.9. The van der Waals surface area contributed by atoms with Gasteiger partial charge in [-0.2, -0.15) is 4.31 Å². The van der Waals surface area contributed by atoms with Crippen LogP contribution in [0.3, 0.4) is 0 Å². The molecule has 2 aromatic rings. The Balaban J connectivity index is 1.62. The molecule has 0 unspecified atom stereocenters. The van der Waals surface area contributed by atoms with E-state index >= 15 is 0 Å². The second kappa shape index (κ2) is 8.21. The van der Waals surface area contributed by atoms with Gasteiger partial charge in [0.2, 0.25) is 10.0 Å². The van der Waals surface area contributed by atoms with Crippen LogP contribution in [0.25, 0.3) is 0 Å². The first-order valence-corrected chi connectivity index (χ1v) is 10.3. The summed E-state index contributed by atoms with van der Waals surface area (Å²) in [6.45, 7) is 0.617. The van der Waals surface area contributed by atoms with Crippen LogP contribution in [-0.4, -0.2) is 44.2 Å². The van der Waals surface area contributed by atoms with E-state index in [4.69, 9.17) is 16.3 Å². The molecule has 0 radical (unpaired) electrons. The zero-order valence-electron chi connectivity index (χ0n) is 14.4. The third kappa shape index (κ3) is 4.55. The summed E-state index contributed by atoms with van der Waals surface area (Å²) in [7, 11) is -3.53. The van der Waals surface area contributed by atoms with Crippen molar-refractivity contribution in [1.29, 1.82) is 0 Å². The van der Waals surface area contributed by atoms with Crippen LogP contribution in [-0.2, 0) is 14.8 Å². The van der Waals surface area contributed by atoms with Crippen LogP contribution >= 0.6 is 11.6 Å².